The molecular formula is C17H36N2. The van der Waals surface area contributed by atoms with Crippen molar-refractivity contribution in [2.75, 3.05) is 13.1 Å². The summed E-state index contributed by atoms with van der Waals surface area (Å²) in [5.74, 6) is 2.47. The Morgan fingerprint density at radius 2 is 1.68 bits per heavy atom. The van der Waals surface area contributed by atoms with E-state index < -0.39 is 0 Å². The Morgan fingerprint density at radius 1 is 1.11 bits per heavy atom. The first-order chi connectivity index (χ1) is 8.97. The van der Waals surface area contributed by atoms with Crippen molar-refractivity contribution in [3.8, 4) is 0 Å². The van der Waals surface area contributed by atoms with Crippen molar-refractivity contribution in [2.24, 2.45) is 23.5 Å². The number of rotatable bonds is 7. The van der Waals surface area contributed by atoms with Crippen molar-refractivity contribution >= 4 is 0 Å². The van der Waals surface area contributed by atoms with E-state index in [1.165, 1.54) is 38.6 Å². The summed E-state index contributed by atoms with van der Waals surface area (Å²) < 4.78 is 0. The molecule has 19 heavy (non-hydrogen) atoms. The molecule has 0 aromatic heterocycles. The molecule has 1 aliphatic rings. The lowest BCUT2D eigenvalue weighted by Crippen LogP contribution is -2.52. The summed E-state index contributed by atoms with van der Waals surface area (Å²) in [6.45, 7) is 13.8. The van der Waals surface area contributed by atoms with Gasteiger partial charge in [0, 0.05) is 18.6 Å². The largest absolute Gasteiger partial charge is 0.329 e. The number of nitrogens with zero attached hydrogens (tertiary/aromatic N) is 1. The van der Waals surface area contributed by atoms with E-state index in [9.17, 15) is 0 Å². The standard InChI is InChI=1S/C17H36N2/c1-6-15-7-8-19(17(11-15)12-18)16(9-13(2)3)10-14(4)5/h13-17H,6-12,18H2,1-5H3. The maximum atomic E-state index is 6.07. The van der Waals surface area contributed by atoms with E-state index in [1.807, 2.05) is 0 Å². The lowest BCUT2D eigenvalue weighted by molar-refractivity contribution is 0.0508. The second-order valence-corrected chi connectivity index (χ2v) is 7.34. The van der Waals surface area contributed by atoms with E-state index in [-0.39, 0.29) is 0 Å². The van der Waals surface area contributed by atoms with Crippen LogP contribution in [0.15, 0.2) is 0 Å². The fraction of sp³-hybridized carbons (Fsp3) is 1.00. The molecule has 1 saturated heterocycles. The SMILES string of the molecule is CCC1CCN(C(CC(C)C)CC(C)C)C(CN)C1. The van der Waals surface area contributed by atoms with E-state index in [2.05, 4.69) is 39.5 Å². The van der Waals surface area contributed by atoms with Crippen molar-refractivity contribution in [2.45, 2.75) is 78.8 Å². The summed E-state index contributed by atoms with van der Waals surface area (Å²) in [6.07, 6.45) is 6.67. The molecule has 2 heteroatoms. The van der Waals surface area contributed by atoms with Gasteiger partial charge in [-0.1, -0.05) is 41.0 Å². The average molecular weight is 268 g/mol. The van der Waals surface area contributed by atoms with Crippen LogP contribution in [0.2, 0.25) is 0 Å². The van der Waals surface area contributed by atoms with Gasteiger partial charge in [0.2, 0.25) is 0 Å². The molecule has 0 saturated carbocycles. The zero-order chi connectivity index (χ0) is 14.4. The smallest absolute Gasteiger partial charge is 0.0223 e. The normalized spacial score (nSPS) is 25.7. The van der Waals surface area contributed by atoms with Gasteiger partial charge in [0.25, 0.3) is 0 Å². The van der Waals surface area contributed by atoms with Gasteiger partial charge in [-0.3, -0.25) is 4.90 Å². The predicted molar refractivity (Wildman–Crippen MR) is 85.3 cm³/mol. The van der Waals surface area contributed by atoms with Gasteiger partial charge in [-0.15, -0.1) is 0 Å². The molecule has 0 aromatic carbocycles. The highest BCUT2D eigenvalue weighted by molar-refractivity contribution is 4.87. The van der Waals surface area contributed by atoms with Crippen LogP contribution < -0.4 is 5.73 Å². The number of piperidine rings is 1. The minimum absolute atomic E-state index is 0.626. The van der Waals surface area contributed by atoms with Crippen LogP contribution in [0.1, 0.15) is 66.7 Å². The van der Waals surface area contributed by atoms with Crippen molar-refractivity contribution < 1.29 is 0 Å². The molecule has 114 valence electrons. The Labute approximate surface area is 121 Å². The maximum absolute atomic E-state index is 6.07. The second-order valence-electron chi connectivity index (χ2n) is 7.34. The quantitative estimate of drug-likeness (QED) is 0.759. The Kier molecular flexibility index (Phi) is 7.38. The van der Waals surface area contributed by atoms with Gasteiger partial charge in [0.15, 0.2) is 0 Å². The maximum Gasteiger partial charge on any atom is 0.0223 e. The van der Waals surface area contributed by atoms with Gasteiger partial charge in [0.05, 0.1) is 0 Å². The summed E-state index contributed by atoms with van der Waals surface area (Å²) in [5, 5.41) is 0. The van der Waals surface area contributed by atoms with Gasteiger partial charge in [-0.05, 0) is 50.0 Å². The minimum Gasteiger partial charge on any atom is -0.329 e. The van der Waals surface area contributed by atoms with Gasteiger partial charge in [-0.25, -0.2) is 0 Å². The van der Waals surface area contributed by atoms with Gasteiger partial charge in [-0.2, -0.15) is 0 Å². The molecule has 2 nitrogen and oxygen atoms in total. The molecule has 2 atom stereocenters. The monoisotopic (exact) mass is 268 g/mol. The summed E-state index contributed by atoms with van der Waals surface area (Å²) in [5.41, 5.74) is 6.07. The molecule has 2 unspecified atom stereocenters. The summed E-state index contributed by atoms with van der Waals surface area (Å²) >= 11 is 0. The molecule has 0 radical (unpaired) electrons. The van der Waals surface area contributed by atoms with Crippen molar-refractivity contribution in [3.63, 3.8) is 0 Å². The zero-order valence-corrected chi connectivity index (χ0v) is 13.9. The lowest BCUT2D eigenvalue weighted by Gasteiger charge is -2.44. The van der Waals surface area contributed by atoms with Crippen LogP contribution in [0.25, 0.3) is 0 Å². The number of hydrogen-bond donors (Lipinski definition) is 1. The highest BCUT2D eigenvalue weighted by atomic mass is 15.2. The molecule has 1 rings (SSSR count). The molecule has 0 bridgehead atoms. The molecule has 1 heterocycles. The Hall–Kier alpha value is -0.0800. The van der Waals surface area contributed by atoms with E-state index in [4.69, 9.17) is 5.73 Å². The third-order valence-corrected chi connectivity index (χ3v) is 4.68. The first-order valence-electron chi connectivity index (χ1n) is 8.43. The fourth-order valence-electron chi connectivity index (χ4n) is 3.69. The van der Waals surface area contributed by atoms with E-state index in [0.717, 1.165) is 30.3 Å². The molecular weight excluding hydrogens is 232 g/mol. The Balaban J connectivity index is 2.69. The summed E-state index contributed by atoms with van der Waals surface area (Å²) in [4.78, 5) is 2.76. The highest BCUT2D eigenvalue weighted by Crippen LogP contribution is 2.30. The summed E-state index contributed by atoms with van der Waals surface area (Å²) in [7, 11) is 0. The van der Waals surface area contributed by atoms with E-state index in [1.54, 1.807) is 0 Å². The lowest BCUT2D eigenvalue weighted by atomic mass is 9.85. The molecule has 0 spiro atoms. The molecule has 1 aliphatic heterocycles. The van der Waals surface area contributed by atoms with Crippen LogP contribution in [0.4, 0.5) is 0 Å². The van der Waals surface area contributed by atoms with Crippen LogP contribution in [0, 0.1) is 17.8 Å². The van der Waals surface area contributed by atoms with Crippen LogP contribution in [0.5, 0.6) is 0 Å². The fourth-order valence-corrected chi connectivity index (χ4v) is 3.69. The zero-order valence-electron chi connectivity index (χ0n) is 13.9. The predicted octanol–water partition coefficient (Wildman–Crippen LogP) is 3.90. The molecule has 0 aromatic rings. The molecule has 1 fully saturated rings. The van der Waals surface area contributed by atoms with E-state index >= 15 is 0 Å². The van der Waals surface area contributed by atoms with Gasteiger partial charge >= 0.3 is 0 Å². The van der Waals surface area contributed by atoms with E-state index in [0.29, 0.717) is 6.04 Å². The minimum atomic E-state index is 0.626. The number of hydrogen-bond acceptors (Lipinski definition) is 2. The topological polar surface area (TPSA) is 29.3 Å². The molecule has 2 N–H and O–H groups in total. The molecule has 0 amide bonds. The van der Waals surface area contributed by atoms with Crippen LogP contribution in [0.3, 0.4) is 0 Å². The van der Waals surface area contributed by atoms with Crippen LogP contribution >= 0.6 is 0 Å². The number of likely N-dealkylation sites (tertiary alicyclic amines) is 1. The average Bonchev–Trinajstić information content (AvgIpc) is 2.36. The molecule has 0 aliphatic carbocycles. The van der Waals surface area contributed by atoms with Crippen molar-refractivity contribution in [1.82, 2.24) is 4.90 Å². The third-order valence-electron chi connectivity index (χ3n) is 4.68. The summed E-state index contributed by atoms with van der Waals surface area (Å²) in [6, 6.07) is 1.37. The number of nitrogens with two attached hydrogens (primary N) is 1. The highest BCUT2D eigenvalue weighted by Gasteiger charge is 2.32. The van der Waals surface area contributed by atoms with Crippen LogP contribution in [-0.2, 0) is 0 Å². The Bertz CT molecular complexity index is 227. The Morgan fingerprint density at radius 3 is 2.11 bits per heavy atom. The first-order valence-corrected chi connectivity index (χ1v) is 8.43. The van der Waals surface area contributed by atoms with Gasteiger partial charge < -0.3 is 5.73 Å². The van der Waals surface area contributed by atoms with Crippen LogP contribution in [-0.4, -0.2) is 30.1 Å². The second kappa shape index (κ2) is 8.26. The van der Waals surface area contributed by atoms with Crippen molar-refractivity contribution in [3.05, 3.63) is 0 Å². The van der Waals surface area contributed by atoms with Crippen molar-refractivity contribution in [1.29, 1.82) is 0 Å². The third kappa shape index (κ3) is 5.43. The van der Waals surface area contributed by atoms with Gasteiger partial charge in [0.1, 0.15) is 0 Å². The first kappa shape index (κ1) is 17.0.